The van der Waals surface area contributed by atoms with Gasteiger partial charge < -0.3 is 10.7 Å². The molecule has 0 aliphatic carbocycles. The largest absolute Gasteiger partial charge is 0.345 e. The lowest BCUT2D eigenvalue weighted by molar-refractivity contribution is 0.607. The predicted octanol–water partition coefficient (Wildman–Crippen LogP) is 1.77. The van der Waals surface area contributed by atoms with Gasteiger partial charge in [0.2, 0.25) is 0 Å². The molecule has 0 radical (unpaired) electrons. The molecular formula is C9H17N3. The summed E-state index contributed by atoms with van der Waals surface area (Å²) in [6.45, 7) is 4.91. The van der Waals surface area contributed by atoms with E-state index < -0.39 is 0 Å². The molecule has 0 spiro atoms. The Morgan fingerprint density at radius 3 is 2.58 bits per heavy atom. The van der Waals surface area contributed by atoms with Crippen molar-refractivity contribution < 1.29 is 0 Å². The first kappa shape index (κ1) is 9.26. The zero-order chi connectivity index (χ0) is 8.97. The summed E-state index contributed by atoms with van der Waals surface area (Å²) in [4.78, 5) is 7.52. The molecule has 68 valence electrons. The number of rotatable bonds is 4. The highest BCUT2D eigenvalue weighted by atomic mass is 14.9. The van der Waals surface area contributed by atoms with Gasteiger partial charge in [-0.05, 0) is 12.8 Å². The first-order valence-corrected chi connectivity index (χ1v) is 4.55. The quantitative estimate of drug-likeness (QED) is 0.718. The van der Waals surface area contributed by atoms with Gasteiger partial charge in [0.15, 0.2) is 0 Å². The van der Waals surface area contributed by atoms with Crippen LogP contribution in [0.4, 0.5) is 0 Å². The SMILES string of the molecule is CCC(CC)c1ncc(CN)[nH]1. The Balaban J connectivity index is 2.72. The first-order chi connectivity index (χ1) is 5.81. The topological polar surface area (TPSA) is 54.7 Å². The van der Waals surface area contributed by atoms with Gasteiger partial charge in [-0.2, -0.15) is 0 Å². The zero-order valence-electron chi connectivity index (χ0n) is 7.80. The van der Waals surface area contributed by atoms with Gasteiger partial charge in [0, 0.05) is 24.4 Å². The molecule has 0 atom stereocenters. The Hall–Kier alpha value is -0.830. The normalized spacial score (nSPS) is 11.0. The molecule has 12 heavy (non-hydrogen) atoms. The maximum Gasteiger partial charge on any atom is 0.109 e. The van der Waals surface area contributed by atoms with Crippen LogP contribution in [-0.2, 0) is 6.54 Å². The third kappa shape index (κ3) is 1.85. The lowest BCUT2D eigenvalue weighted by Gasteiger charge is -2.07. The summed E-state index contributed by atoms with van der Waals surface area (Å²) < 4.78 is 0. The molecule has 1 aromatic rings. The molecule has 0 saturated heterocycles. The summed E-state index contributed by atoms with van der Waals surface area (Å²) in [6.07, 6.45) is 4.09. The van der Waals surface area contributed by atoms with Crippen molar-refractivity contribution in [2.24, 2.45) is 5.73 Å². The standard InChI is InChI=1S/C9H17N3/c1-3-7(4-2)9-11-6-8(5-10)12-9/h6-7H,3-5,10H2,1-2H3,(H,11,12). The van der Waals surface area contributed by atoms with Crippen LogP contribution in [0.3, 0.4) is 0 Å². The number of imidazole rings is 1. The second-order valence-electron chi connectivity index (χ2n) is 3.01. The Bertz CT molecular complexity index is 225. The van der Waals surface area contributed by atoms with E-state index in [0.717, 1.165) is 24.4 Å². The van der Waals surface area contributed by atoms with Crippen LogP contribution in [0.2, 0.25) is 0 Å². The fourth-order valence-electron chi connectivity index (χ4n) is 1.36. The highest BCUT2D eigenvalue weighted by Crippen LogP contribution is 2.19. The van der Waals surface area contributed by atoms with Crippen LogP contribution < -0.4 is 5.73 Å². The van der Waals surface area contributed by atoms with Gasteiger partial charge in [-0.25, -0.2) is 4.98 Å². The number of hydrogen-bond donors (Lipinski definition) is 2. The van der Waals surface area contributed by atoms with Gasteiger partial charge in [-0.3, -0.25) is 0 Å². The average molecular weight is 167 g/mol. The Kier molecular flexibility index (Phi) is 3.29. The minimum absolute atomic E-state index is 0.549. The van der Waals surface area contributed by atoms with E-state index in [1.165, 1.54) is 0 Å². The monoisotopic (exact) mass is 167 g/mol. The van der Waals surface area contributed by atoms with E-state index in [-0.39, 0.29) is 0 Å². The highest BCUT2D eigenvalue weighted by Gasteiger charge is 2.09. The molecule has 0 amide bonds. The molecule has 0 unspecified atom stereocenters. The maximum atomic E-state index is 5.47. The van der Waals surface area contributed by atoms with Gasteiger partial charge in [-0.1, -0.05) is 13.8 Å². The van der Waals surface area contributed by atoms with Crippen LogP contribution in [0.25, 0.3) is 0 Å². The molecule has 3 N–H and O–H groups in total. The van der Waals surface area contributed by atoms with Crippen molar-refractivity contribution in [3.8, 4) is 0 Å². The van der Waals surface area contributed by atoms with E-state index in [1.54, 1.807) is 0 Å². The Morgan fingerprint density at radius 1 is 1.50 bits per heavy atom. The smallest absolute Gasteiger partial charge is 0.109 e. The van der Waals surface area contributed by atoms with E-state index in [1.807, 2.05) is 6.20 Å². The van der Waals surface area contributed by atoms with Crippen LogP contribution in [0.1, 0.15) is 44.1 Å². The van der Waals surface area contributed by atoms with Crippen molar-refractivity contribution in [1.82, 2.24) is 9.97 Å². The molecule has 0 bridgehead atoms. The minimum Gasteiger partial charge on any atom is -0.345 e. The molecule has 1 heterocycles. The van der Waals surface area contributed by atoms with Crippen molar-refractivity contribution in [3.05, 3.63) is 17.7 Å². The molecule has 3 nitrogen and oxygen atoms in total. The number of H-pyrrole nitrogens is 1. The summed E-state index contributed by atoms with van der Waals surface area (Å²) in [5, 5.41) is 0. The number of hydrogen-bond acceptors (Lipinski definition) is 2. The molecule has 0 aliphatic rings. The van der Waals surface area contributed by atoms with Gasteiger partial charge in [0.05, 0.1) is 0 Å². The van der Waals surface area contributed by atoms with E-state index in [2.05, 4.69) is 23.8 Å². The second kappa shape index (κ2) is 4.26. The predicted molar refractivity (Wildman–Crippen MR) is 49.8 cm³/mol. The average Bonchev–Trinajstić information content (AvgIpc) is 2.55. The van der Waals surface area contributed by atoms with Crippen LogP contribution >= 0.6 is 0 Å². The zero-order valence-corrected chi connectivity index (χ0v) is 7.80. The molecule has 0 aliphatic heterocycles. The van der Waals surface area contributed by atoms with Crippen molar-refractivity contribution in [1.29, 1.82) is 0 Å². The van der Waals surface area contributed by atoms with Gasteiger partial charge in [0.1, 0.15) is 5.82 Å². The van der Waals surface area contributed by atoms with Gasteiger partial charge in [0.25, 0.3) is 0 Å². The second-order valence-corrected chi connectivity index (χ2v) is 3.01. The molecule has 0 saturated carbocycles. The van der Waals surface area contributed by atoms with Crippen LogP contribution in [0.5, 0.6) is 0 Å². The molecule has 1 rings (SSSR count). The van der Waals surface area contributed by atoms with Gasteiger partial charge in [-0.15, -0.1) is 0 Å². The first-order valence-electron chi connectivity index (χ1n) is 4.55. The minimum atomic E-state index is 0.549. The summed E-state index contributed by atoms with van der Waals surface area (Å²) in [7, 11) is 0. The number of aromatic amines is 1. The van der Waals surface area contributed by atoms with Crippen LogP contribution in [0.15, 0.2) is 6.20 Å². The maximum absolute atomic E-state index is 5.47. The number of nitrogens with zero attached hydrogens (tertiary/aromatic N) is 1. The van der Waals surface area contributed by atoms with Gasteiger partial charge >= 0.3 is 0 Å². The summed E-state index contributed by atoms with van der Waals surface area (Å²) >= 11 is 0. The van der Waals surface area contributed by atoms with E-state index in [4.69, 9.17) is 5.73 Å². The van der Waals surface area contributed by atoms with Crippen LogP contribution in [0, 0.1) is 0 Å². The lowest BCUT2D eigenvalue weighted by Crippen LogP contribution is -2.00. The van der Waals surface area contributed by atoms with E-state index in [9.17, 15) is 0 Å². The fourth-order valence-corrected chi connectivity index (χ4v) is 1.36. The molecule has 1 aromatic heterocycles. The summed E-state index contributed by atoms with van der Waals surface area (Å²) in [6, 6.07) is 0. The number of aromatic nitrogens is 2. The molecule has 0 fully saturated rings. The summed E-state index contributed by atoms with van der Waals surface area (Å²) in [5.41, 5.74) is 6.50. The third-order valence-corrected chi connectivity index (χ3v) is 2.24. The molecule has 3 heteroatoms. The Morgan fingerprint density at radius 2 is 2.17 bits per heavy atom. The molecular weight excluding hydrogens is 150 g/mol. The third-order valence-electron chi connectivity index (χ3n) is 2.24. The van der Waals surface area contributed by atoms with Crippen molar-refractivity contribution in [2.75, 3.05) is 0 Å². The lowest BCUT2D eigenvalue weighted by atomic mass is 10.0. The summed E-state index contributed by atoms with van der Waals surface area (Å²) in [5.74, 6) is 1.64. The number of nitrogens with one attached hydrogen (secondary N) is 1. The van der Waals surface area contributed by atoms with Crippen molar-refractivity contribution in [2.45, 2.75) is 39.2 Å². The van der Waals surface area contributed by atoms with E-state index in [0.29, 0.717) is 12.5 Å². The highest BCUT2D eigenvalue weighted by molar-refractivity contribution is 5.04. The fraction of sp³-hybridized carbons (Fsp3) is 0.667. The van der Waals surface area contributed by atoms with E-state index >= 15 is 0 Å². The van der Waals surface area contributed by atoms with Crippen molar-refractivity contribution >= 4 is 0 Å². The Labute approximate surface area is 73.4 Å². The number of nitrogens with two attached hydrogens (primary N) is 1. The van der Waals surface area contributed by atoms with Crippen molar-refractivity contribution in [3.63, 3.8) is 0 Å². The van der Waals surface area contributed by atoms with Crippen LogP contribution in [-0.4, -0.2) is 9.97 Å². The molecule has 0 aromatic carbocycles.